The molecule has 2 heterocycles. The number of nitrogens with one attached hydrogen (secondary N) is 1. The van der Waals surface area contributed by atoms with Gasteiger partial charge < -0.3 is 5.32 Å². The van der Waals surface area contributed by atoms with E-state index in [1.54, 1.807) is 13.1 Å². The molecule has 1 saturated carbocycles. The normalized spacial score (nSPS) is 21.3. The molecule has 90 valence electrons. The Bertz CT molecular complexity index is 497. The number of fused-ring (bicyclic) bond motifs is 1. The smallest absolute Gasteiger partial charge is 0.259 e. The Morgan fingerprint density at radius 3 is 2.69 bits per heavy atom. The highest BCUT2D eigenvalue weighted by molar-refractivity contribution is 7.91. The second-order valence-electron chi connectivity index (χ2n) is 4.53. The maximum absolute atomic E-state index is 12.1. The van der Waals surface area contributed by atoms with Crippen LogP contribution < -0.4 is 5.32 Å². The zero-order valence-electron chi connectivity index (χ0n) is 8.93. The molecule has 0 radical (unpaired) electrons. The van der Waals surface area contributed by atoms with Crippen LogP contribution in [0.2, 0.25) is 0 Å². The molecule has 16 heavy (non-hydrogen) atoms. The van der Waals surface area contributed by atoms with E-state index in [-0.39, 0.29) is 12.4 Å². The summed E-state index contributed by atoms with van der Waals surface area (Å²) in [6.45, 7) is 3.18. The minimum atomic E-state index is -3.27. The molecule has 0 unspecified atom stereocenters. The van der Waals surface area contributed by atoms with Crippen LogP contribution in [-0.4, -0.2) is 22.4 Å². The van der Waals surface area contributed by atoms with Crippen LogP contribution in [0.15, 0.2) is 6.20 Å². The molecular weight excluding hydrogens is 250 g/mol. The average molecular weight is 264 g/mol. The standard InChI is InChI=1S/C9H13N3O2S.ClH/c1-9(2-3-9)15(13,14)12-6-7-4-10-5-8(7)11-12;/h6,10H,2-5H2,1H3;1H. The van der Waals surface area contributed by atoms with Crippen molar-refractivity contribution in [3.05, 3.63) is 17.5 Å². The van der Waals surface area contributed by atoms with Crippen LogP contribution in [0.5, 0.6) is 0 Å². The molecule has 0 bridgehead atoms. The van der Waals surface area contributed by atoms with E-state index in [1.165, 1.54) is 4.09 Å². The summed E-state index contributed by atoms with van der Waals surface area (Å²) in [6.07, 6.45) is 3.14. The first-order valence-corrected chi connectivity index (χ1v) is 6.50. The molecule has 1 aromatic rings. The minimum absolute atomic E-state index is 0. The summed E-state index contributed by atoms with van der Waals surface area (Å²) < 4.78 is 24.8. The Morgan fingerprint density at radius 2 is 2.12 bits per heavy atom. The van der Waals surface area contributed by atoms with E-state index < -0.39 is 14.8 Å². The molecule has 2 aliphatic rings. The molecule has 1 aliphatic heterocycles. The van der Waals surface area contributed by atoms with Crippen molar-refractivity contribution in [2.75, 3.05) is 0 Å². The Labute approximate surface area is 101 Å². The zero-order chi connectivity index (χ0) is 10.7. The second kappa shape index (κ2) is 3.45. The van der Waals surface area contributed by atoms with Gasteiger partial charge in [0.2, 0.25) is 0 Å². The van der Waals surface area contributed by atoms with Crippen LogP contribution in [0.25, 0.3) is 0 Å². The molecule has 0 saturated heterocycles. The van der Waals surface area contributed by atoms with E-state index in [1.807, 2.05) is 0 Å². The molecule has 1 aliphatic carbocycles. The summed E-state index contributed by atoms with van der Waals surface area (Å²) in [6, 6.07) is 0. The van der Waals surface area contributed by atoms with Gasteiger partial charge in [0.05, 0.1) is 10.4 Å². The van der Waals surface area contributed by atoms with Crippen molar-refractivity contribution in [2.24, 2.45) is 0 Å². The third-order valence-electron chi connectivity index (χ3n) is 3.29. The molecule has 0 atom stereocenters. The minimum Gasteiger partial charge on any atom is -0.307 e. The monoisotopic (exact) mass is 263 g/mol. The van der Waals surface area contributed by atoms with Gasteiger partial charge in [0, 0.05) is 24.8 Å². The average Bonchev–Trinajstić information content (AvgIpc) is 2.62. The highest BCUT2D eigenvalue weighted by Gasteiger charge is 2.51. The summed E-state index contributed by atoms with van der Waals surface area (Å²) >= 11 is 0. The van der Waals surface area contributed by atoms with Crippen molar-refractivity contribution in [2.45, 2.75) is 37.6 Å². The molecule has 1 fully saturated rings. The van der Waals surface area contributed by atoms with Crippen molar-refractivity contribution >= 4 is 22.4 Å². The van der Waals surface area contributed by atoms with Gasteiger partial charge in [-0.25, -0.2) is 8.42 Å². The van der Waals surface area contributed by atoms with Gasteiger partial charge in [0.15, 0.2) is 0 Å². The van der Waals surface area contributed by atoms with E-state index in [4.69, 9.17) is 0 Å². The van der Waals surface area contributed by atoms with Crippen molar-refractivity contribution in [3.8, 4) is 0 Å². The van der Waals surface area contributed by atoms with Crippen LogP contribution >= 0.6 is 12.4 Å². The first kappa shape index (κ1) is 11.9. The molecule has 7 heteroatoms. The van der Waals surface area contributed by atoms with Crippen molar-refractivity contribution in [1.29, 1.82) is 0 Å². The van der Waals surface area contributed by atoms with E-state index in [2.05, 4.69) is 10.4 Å². The van der Waals surface area contributed by atoms with Crippen LogP contribution in [0, 0.1) is 0 Å². The Balaban J connectivity index is 0.000000963. The third-order valence-corrected chi connectivity index (χ3v) is 5.62. The molecule has 0 aromatic carbocycles. The molecule has 0 amide bonds. The molecular formula is C9H14ClN3O2S. The van der Waals surface area contributed by atoms with Gasteiger partial charge >= 0.3 is 0 Å². The maximum atomic E-state index is 12.1. The number of hydrogen-bond acceptors (Lipinski definition) is 4. The highest BCUT2D eigenvalue weighted by atomic mass is 35.5. The molecule has 5 nitrogen and oxygen atoms in total. The van der Waals surface area contributed by atoms with E-state index in [0.717, 1.165) is 30.6 Å². The van der Waals surface area contributed by atoms with Crippen molar-refractivity contribution in [3.63, 3.8) is 0 Å². The quantitative estimate of drug-likeness (QED) is 0.851. The fourth-order valence-electron chi connectivity index (χ4n) is 1.81. The number of hydrogen-bond donors (Lipinski definition) is 1. The highest BCUT2D eigenvalue weighted by Crippen LogP contribution is 2.43. The van der Waals surface area contributed by atoms with Gasteiger partial charge in [-0.1, -0.05) is 0 Å². The topological polar surface area (TPSA) is 64.0 Å². The van der Waals surface area contributed by atoms with Crippen molar-refractivity contribution in [1.82, 2.24) is 14.5 Å². The van der Waals surface area contributed by atoms with Crippen LogP contribution in [0.3, 0.4) is 0 Å². The summed E-state index contributed by atoms with van der Waals surface area (Å²) in [7, 11) is -3.27. The van der Waals surface area contributed by atoms with Gasteiger partial charge in [0.25, 0.3) is 10.0 Å². The maximum Gasteiger partial charge on any atom is 0.259 e. The van der Waals surface area contributed by atoms with Gasteiger partial charge in [-0.05, 0) is 19.8 Å². The second-order valence-corrected chi connectivity index (χ2v) is 6.84. The fraction of sp³-hybridized carbons (Fsp3) is 0.667. The summed E-state index contributed by atoms with van der Waals surface area (Å²) in [4.78, 5) is 0. The predicted molar refractivity (Wildman–Crippen MR) is 62.0 cm³/mol. The van der Waals surface area contributed by atoms with Crippen LogP contribution in [-0.2, 0) is 23.1 Å². The first-order chi connectivity index (χ1) is 7.03. The molecule has 3 rings (SSSR count). The van der Waals surface area contributed by atoms with Crippen LogP contribution in [0.4, 0.5) is 0 Å². The van der Waals surface area contributed by atoms with Crippen LogP contribution in [0.1, 0.15) is 31.0 Å². The summed E-state index contributed by atoms with van der Waals surface area (Å²) in [5.74, 6) is 0. The van der Waals surface area contributed by atoms with Gasteiger partial charge in [0.1, 0.15) is 0 Å². The summed E-state index contributed by atoms with van der Waals surface area (Å²) in [5, 5.41) is 7.27. The first-order valence-electron chi connectivity index (χ1n) is 5.06. The van der Waals surface area contributed by atoms with E-state index in [0.29, 0.717) is 6.54 Å². The van der Waals surface area contributed by atoms with E-state index in [9.17, 15) is 8.42 Å². The predicted octanol–water partition coefficient (Wildman–Crippen LogP) is 0.638. The molecule has 1 aromatic heterocycles. The third kappa shape index (κ3) is 1.48. The van der Waals surface area contributed by atoms with E-state index >= 15 is 0 Å². The van der Waals surface area contributed by atoms with Gasteiger partial charge in [-0.2, -0.15) is 9.19 Å². The van der Waals surface area contributed by atoms with Crippen molar-refractivity contribution < 1.29 is 8.42 Å². The fourth-order valence-corrected chi connectivity index (χ4v) is 3.36. The Morgan fingerprint density at radius 1 is 1.44 bits per heavy atom. The van der Waals surface area contributed by atoms with Gasteiger partial charge in [-0.3, -0.25) is 0 Å². The lowest BCUT2D eigenvalue weighted by molar-refractivity contribution is 0.563. The largest absolute Gasteiger partial charge is 0.307 e. The lowest BCUT2D eigenvalue weighted by Gasteiger charge is -2.10. The Kier molecular flexibility index (Phi) is 2.56. The number of aromatic nitrogens is 2. The summed E-state index contributed by atoms with van der Waals surface area (Å²) in [5.41, 5.74) is 1.87. The Hall–Kier alpha value is -0.590. The number of halogens is 1. The molecule has 1 N–H and O–H groups in total. The zero-order valence-corrected chi connectivity index (χ0v) is 10.6. The molecule has 0 spiro atoms. The number of rotatable bonds is 2. The lowest BCUT2D eigenvalue weighted by atomic mass is 10.3. The lowest BCUT2D eigenvalue weighted by Crippen LogP contribution is -2.27. The number of nitrogens with zero attached hydrogens (tertiary/aromatic N) is 2. The van der Waals surface area contributed by atoms with Gasteiger partial charge in [-0.15, -0.1) is 12.4 Å². The SMILES string of the molecule is CC1(S(=O)(=O)n2cc3c(n2)CNC3)CC1.Cl.